The van der Waals surface area contributed by atoms with Gasteiger partial charge in [0.05, 0.1) is 5.41 Å². The highest BCUT2D eigenvalue weighted by Gasteiger charge is 2.47. The number of amides is 2. The molecule has 0 bridgehead atoms. The molecular weight excluding hydrogens is 204 g/mol. The number of piperidine rings is 1. The summed E-state index contributed by atoms with van der Waals surface area (Å²) in [5, 5.41) is 3.34. The fourth-order valence-corrected chi connectivity index (χ4v) is 2.69. The first-order chi connectivity index (χ1) is 7.42. The second kappa shape index (κ2) is 3.84. The molecule has 4 nitrogen and oxygen atoms in total. The molecule has 1 N–H and O–H groups in total. The van der Waals surface area contributed by atoms with Crippen LogP contribution in [0, 0.1) is 5.41 Å². The maximum atomic E-state index is 12.1. The minimum atomic E-state index is -0.495. The van der Waals surface area contributed by atoms with Gasteiger partial charge < -0.3 is 5.32 Å². The van der Waals surface area contributed by atoms with Crippen molar-refractivity contribution in [3.8, 4) is 0 Å². The molecule has 2 amide bonds. The summed E-state index contributed by atoms with van der Waals surface area (Å²) in [6.07, 6.45) is 2.13. The first-order valence-electron chi connectivity index (χ1n) is 6.02. The lowest BCUT2D eigenvalue weighted by molar-refractivity contribution is -0.144. The van der Waals surface area contributed by atoms with E-state index in [0.29, 0.717) is 12.5 Å². The fourth-order valence-electron chi connectivity index (χ4n) is 2.69. The monoisotopic (exact) mass is 224 g/mol. The van der Waals surface area contributed by atoms with Crippen molar-refractivity contribution >= 4 is 11.8 Å². The van der Waals surface area contributed by atoms with Crippen LogP contribution in [-0.4, -0.2) is 35.3 Å². The molecule has 0 aromatic heterocycles. The SMILES string of the molecule is CC1CC(N2C(=O)CC(C)(C)C2=O)CCN1. The van der Waals surface area contributed by atoms with Crippen LogP contribution in [0.5, 0.6) is 0 Å². The molecule has 2 aliphatic rings. The topological polar surface area (TPSA) is 49.4 Å². The average Bonchev–Trinajstić information content (AvgIpc) is 2.36. The third kappa shape index (κ3) is 1.86. The molecule has 2 rings (SSSR count). The summed E-state index contributed by atoms with van der Waals surface area (Å²) in [6.45, 7) is 6.71. The number of rotatable bonds is 1. The summed E-state index contributed by atoms with van der Waals surface area (Å²) >= 11 is 0. The standard InChI is InChI=1S/C12H20N2O2/c1-8-6-9(4-5-13-8)14-10(15)7-12(2,3)11(14)16/h8-9,13H,4-7H2,1-3H3. The first kappa shape index (κ1) is 11.6. The number of imide groups is 1. The molecule has 2 aliphatic heterocycles. The second-order valence-corrected chi connectivity index (χ2v) is 5.66. The van der Waals surface area contributed by atoms with Crippen LogP contribution in [0.2, 0.25) is 0 Å². The van der Waals surface area contributed by atoms with E-state index >= 15 is 0 Å². The van der Waals surface area contributed by atoms with Gasteiger partial charge in [0.25, 0.3) is 0 Å². The summed E-state index contributed by atoms with van der Waals surface area (Å²) < 4.78 is 0. The number of likely N-dealkylation sites (tertiary alicyclic amines) is 1. The zero-order chi connectivity index (χ0) is 11.9. The van der Waals surface area contributed by atoms with E-state index in [1.54, 1.807) is 0 Å². The van der Waals surface area contributed by atoms with Gasteiger partial charge in [-0.05, 0) is 26.3 Å². The van der Waals surface area contributed by atoms with E-state index in [0.717, 1.165) is 19.4 Å². The van der Waals surface area contributed by atoms with Crippen LogP contribution in [0.4, 0.5) is 0 Å². The number of carbonyl (C=O) groups excluding carboxylic acids is 2. The fraction of sp³-hybridized carbons (Fsp3) is 0.833. The van der Waals surface area contributed by atoms with E-state index in [2.05, 4.69) is 12.2 Å². The van der Waals surface area contributed by atoms with Crippen molar-refractivity contribution in [1.29, 1.82) is 0 Å². The zero-order valence-corrected chi connectivity index (χ0v) is 10.2. The first-order valence-corrected chi connectivity index (χ1v) is 6.02. The Hall–Kier alpha value is -0.900. The Morgan fingerprint density at radius 1 is 1.38 bits per heavy atom. The van der Waals surface area contributed by atoms with Crippen LogP contribution in [-0.2, 0) is 9.59 Å². The molecule has 0 saturated carbocycles. The highest BCUT2D eigenvalue weighted by molar-refractivity contribution is 6.05. The smallest absolute Gasteiger partial charge is 0.235 e. The van der Waals surface area contributed by atoms with E-state index in [1.807, 2.05) is 13.8 Å². The molecule has 2 heterocycles. The van der Waals surface area contributed by atoms with Gasteiger partial charge in [0, 0.05) is 18.5 Å². The third-order valence-electron chi connectivity index (χ3n) is 3.62. The van der Waals surface area contributed by atoms with Gasteiger partial charge in [-0.2, -0.15) is 0 Å². The minimum Gasteiger partial charge on any atom is -0.314 e. The molecule has 2 saturated heterocycles. The van der Waals surface area contributed by atoms with Crippen LogP contribution in [0.25, 0.3) is 0 Å². The largest absolute Gasteiger partial charge is 0.314 e. The number of carbonyl (C=O) groups is 2. The molecule has 0 aromatic carbocycles. The van der Waals surface area contributed by atoms with Gasteiger partial charge in [0.2, 0.25) is 11.8 Å². The van der Waals surface area contributed by atoms with Gasteiger partial charge in [0.15, 0.2) is 0 Å². The molecule has 2 fully saturated rings. The predicted octanol–water partition coefficient (Wildman–Crippen LogP) is 0.912. The lowest BCUT2D eigenvalue weighted by atomic mass is 9.91. The lowest BCUT2D eigenvalue weighted by Gasteiger charge is -2.34. The van der Waals surface area contributed by atoms with Crippen molar-refractivity contribution in [2.45, 2.75) is 52.1 Å². The molecule has 2 atom stereocenters. The van der Waals surface area contributed by atoms with Crippen molar-refractivity contribution in [1.82, 2.24) is 10.2 Å². The van der Waals surface area contributed by atoms with Crippen molar-refractivity contribution in [2.75, 3.05) is 6.54 Å². The predicted molar refractivity (Wildman–Crippen MR) is 60.7 cm³/mol. The molecule has 0 radical (unpaired) electrons. The van der Waals surface area contributed by atoms with E-state index in [4.69, 9.17) is 0 Å². The van der Waals surface area contributed by atoms with Gasteiger partial charge in [-0.1, -0.05) is 13.8 Å². The summed E-state index contributed by atoms with van der Waals surface area (Å²) in [6, 6.07) is 0.501. The molecule has 16 heavy (non-hydrogen) atoms. The summed E-state index contributed by atoms with van der Waals surface area (Å²) in [4.78, 5) is 25.5. The number of nitrogens with one attached hydrogen (secondary N) is 1. The summed E-state index contributed by atoms with van der Waals surface area (Å²) in [5.74, 6) is 0.0192. The normalized spacial score (nSPS) is 34.6. The Morgan fingerprint density at radius 2 is 2.06 bits per heavy atom. The molecule has 0 aliphatic carbocycles. The van der Waals surface area contributed by atoms with Crippen LogP contribution >= 0.6 is 0 Å². The average molecular weight is 224 g/mol. The van der Waals surface area contributed by atoms with Crippen molar-refractivity contribution in [3.05, 3.63) is 0 Å². The third-order valence-corrected chi connectivity index (χ3v) is 3.62. The number of hydrogen-bond donors (Lipinski definition) is 1. The van der Waals surface area contributed by atoms with Crippen molar-refractivity contribution in [3.63, 3.8) is 0 Å². The van der Waals surface area contributed by atoms with E-state index in [1.165, 1.54) is 4.90 Å². The Labute approximate surface area is 96.4 Å². The second-order valence-electron chi connectivity index (χ2n) is 5.66. The van der Waals surface area contributed by atoms with Crippen LogP contribution in [0.15, 0.2) is 0 Å². The molecule has 0 spiro atoms. The lowest BCUT2D eigenvalue weighted by Crippen LogP contribution is -2.49. The van der Waals surface area contributed by atoms with Gasteiger partial charge in [-0.3, -0.25) is 14.5 Å². The maximum absolute atomic E-state index is 12.1. The molecule has 90 valence electrons. The van der Waals surface area contributed by atoms with E-state index < -0.39 is 5.41 Å². The highest BCUT2D eigenvalue weighted by Crippen LogP contribution is 2.34. The Kier molecular flexibility index (Phi) is 2.78. The number of hydrogen-bond acceptors (Lipinski definition) is 3. The zero-order valence-electron chi connectivity index (χ0n) is 10.2. The van der Waals surface area contributed by atoms with Crippen LogP contribution in [0.3, 0.4) is 0 Å². The molecular formula is C12H20N2O2. The van der Waals surface area contributed by atoms with Crippen LogP contribution < -0.4 is 5.32 Å². The Morgan fingerprint density at radius 3 is 2.56 bits per heavy atom. The summed E-state index contributed by atoms with van der Waals surface area (Å²) in [5.41, 5.74) is -0.495. The highest BCUT2D eigenvalue weighted by atomic mass is 16.2. The van der Waals surface area contributed by atoms with E-state index in [-0.39, 0.29) is 17.9 Å². The minimum absolute atomic E-state index is 0.00843. The van der Waals surface area contributed by atoms with Crippen LogP contribution in [0.1, 0.15) is 40.0 Å². The summed E-state index contributed by atoms with van der Waals surface area (Å²) in [7, 11) is 0. The Balaban J connectivity index is 2.15. The molecule has 4 heteroatoms. The maximum Gasteiger partial charge on any atom is 0.235 e. The van der Waals surface area contributed by atoms with Crippen molar-refractivity contribution in [2.24, 2.45) is 5.41 Å². The molecule has 0 aromatic rings. The molecule has 2 unspecified atom stereocenters. The van der Waals surface area contributed by atoms with Crippen molar-refractivity contribution < 1.29 is 9.59 Å². The van der Waals surface area contributed by atoms with Gasteiger partial charge >= 0.3 is 0 Å². The van der Waals surface area contributed by atoms with Gasteiger partial charge in [0.1, 0.15) is 0 Å². The van der Waals surface area contributed by atoms with Gasteiger partial charge in [-0.15, -0.1) is 0 Å². The van der Waals surface area contributed by atoms with E-state index in [9.17, 15) is 9.59 Å². The quantitative estimate of drug-likeness (QED) is 0.674. The number of nitrogens with zero attached hydrogens (tertiary/aromatic N) is 1. The van der Waals surface area contributed by atoms with Gasteiger partial charge in [-0.25, -0.2) is 0 Å². The Bertz CT molecular complexity index is 325.